The van der Waals surface area contributed by atoms with Crippen LogP contribution in [0, 0.1) is 0 Å². The normalized spacial score (nSPS) is 30.2. The molecular weight excluding hydrogens is 550 g/mol. The minimum Gasteiger partial charge on any atom is -0.194 e. The van der Waals surface area contributed by atoms with Gasteiger partial charge in [-0.25, -0.2) is 0 Å². The van der Waals surface area contributed by atoms with Crippen LogP contribution < -0.4 is 0 Å². The molecule has 1 saturated carbocycles. The first-order valence-corrected chi connectivity index (χ1v) is 14.5. The van der Waals surface area contributed by atoms with Crippen molar-refractivity contribution in [1.82, 2.24) is 0 Å². The fraction of sp³-hybridized carbons (Fsp3) is 0.355. The summed E-state index contributed by atoms with van der Waals surface area (Å²) in [5.74, 6) is -15.6. The van der Waals surface area contributed by atoms with Gasteiger partial charge in [0.1, 0.15) is 0 Å². The summed E-state index contributed by atoms with van der Waals surface area (Å²) >= 11 is 2.74. The SMILES string of the molecule is CCC12SC(c3ccccc3)=C(C)C1=C1C(=C3C(C)=C(c4ccccc4)SC32CC)C(F)(F)C(F)(F)C1(F)F. The average molecular weight is 577 g/mol. The highest BCUT2D eigenvalue weighted by Crippen LogP contribution is 2.78. The van der Waals surface area contributed by atoms with Crippen LogP contribution in [0.2, 0.25) is 0 Å². The van der Waals surface area contributed by atoms with Gasteiger partial charge >= 0.3 is 17.8 Å². The topological polar surface area (TPSA) is 0 Å². The van der Waals surface area contributed by atoms with E-state index in [1.54, 1.807) is 13.8 Å². The standard InChI is InChI=1S/C31H26F6S2/c1-5-27-21(17(3)25(38-27)19-13-9-7-10-14-19)23-24(30(34,35)31(36,37)29(23,32)33)22-18(4)26(39-28(22,27)6-2)20-15-11-8-12-16-20/h7-16H,5-6H2,1-4H3. The van der Waals surface area contributed by atoms with Crippen molar-refractivity contribution >= 4 is 33.3 Å². The van der Waals surface area contributed by atoms with Gasteiger partial charge in [0.15, 0.2) is 0 Å². The van der Waals surface area contributed by atoms with E-state index in [1.807, 2.05) is 74.5 Å². The third kappa shape index (κ3) is 2.97. The molecule has 0 radical (unpaired) electrons. The van der Waals surface area contributed by atoms with Crippen LogP contribution in [-0.4, -0.2) is 27.3 Å². The van der Waals surface area contributed by atoms with Crippen LogP contribution in [0.5, 0.6) is 0 Å². The van der Waals surface area contributed by atoms with Gasteiger partial charge in [0, 0.05) is 21.0 Å². The monoisotopic (exact) mass is 576 g/mol. The molecule has 0 N–H and O–H groups in total. The maximum Gasteiger partial charge on any atom is 0.380 e. The molecular formula is C31H26F6S2. The van der Waals surface area contributed by atoms with Crippen molar-refractivity contribution in [3.63, 3.8) is 0 Å². The second-order valence-corrected chi connectivity index (χ2v) is 13.0. The molecule has 6 rings (SSSR count). The smallest absolute Gasteiger partial charge is 0.194 e. The molecule has 0 aromatic heterocycles. The summed E-state index contributed by atoms with van der Waals surface area (Å²) in [7, 11) is 0. The number of hydrogen-bond donors (Lipinski definition) is 0. The molecule has 0 saturated heterocycles. The number of benzene rings is 2. The molecule has 8 heteroatoms. The number of halogens is 6. The Morgan fingerprint density at radius 1 is 0.538 bits per heavy atom. The summed E-state index contributed by atoms with van der Waals surface area (Å²) in [4.78, 5) is 1.32. The van der Waals surface area contributed by atoms with Gasteiger partial charge in [-0.2, -0.15) is 26.3 Å². The summed E-state index contributed by atoms with van der Waals surface area (Å²) < 4.78 is 91.6. The highest BCUT2D eigenvalue weighted by molar-refractivity contribution is 8.14. The highest BCUT2D eigenvalue weighted by atomic mass is 32.2. The van der Waals surface area contributed by atoms with Gasteiger partial charge in [-0.15, -0.1) is 23.5 Å². The number of fused-ring (bicyclic) bond motifs is 4. The number of hydrogen-bond acceptors (Lipinski definition) is 2. The highest BCUT2D eigenvalue weighted by Gasteiger charge is 2.85. The van der Waals surface area contributed by atoms with E-state index in [1.165, 1.54) is 23.5 Å². The van der Waals surface area contributed by atoms with Crippen molar-refractivity contribution in [3.05, 3.63) is 105 Å². The number of thioether (sulfide) groups is 2. The Balaban J connectivity index is 1.79. The van der Waals surface area contributed by atoms with Gasteiger partial charge in [0.05, 0.1) is 9.49 Å². The Morgan fingerprint density at radius 3 is 1.18 bits per heavy atom. The van der Waals surface area contributed by atoms with E-state index in [4.69, 9.17) is 0 Å². The van der Waals surface area contributed by atoms with Gasteiger partial charge < -0.3 is 0 Å². The number of rotatable bonds is 4. The number of alkyl halides is 6. The zero-order chi connectivity index (χ0) is 28.2. The molecule has 2 heterocycles. The molecule has 2 aromatic carbocycles. The van der Waals surface area contributed by atoms with E-state index in [0.29, 0.717) is 33.8 Å². The third-order valence-electron chi connectivity index (χ3n) is 8.68. The van der Waals surface area contributed by atoms with Crippen molar-refractivity contribution in [2.45, 2.75) is 67.8 Å². The van der Waals surface area contributed by atoms with Crippen molar-refractivity contribution in [3.8, 4) is 0 Å². The van der Waals surface area contributed by atoms with E-state index in [0.717, 1.165) is 11.1 Å². The van der Waals surface area contributed by atoms with Crippen LogP contribution in [0.15, 0.2) is 94.1 Å². The minimum absolute atomic E-state index is 0.0501. The Hall–Kier alpha value is -2.32. The Morgan fingerprint density at radius 2 is 0.872 bits per heavy atom. The van der Waals surface area contributed by atoms with Gasteiger partial charge in [0.2, 0.25) is 0 Å². The second kappa shape index (κ2) is 8.35. The molecule has 0 spiro atoms. The molecule has 2 unspecified atom stereocenters. The lowest BCUT2D eigenvalue weighted by Gasteiger charge is -2.51. The van der Waals surface area contributed by atoms with Crippen LogP contribution in [0.1, 0.15) is 51.7 Å². The Labute approximate surface area is 232 Å². The predicted octanol–water partition coefficient (Wildman–Crippen LogP) is 10.2. The first-order valence-electron chi connectivity index (χ1n) is 12.9. The van der Waals surface area contributed by atoms with Crippen molar-refractivity contribution in [1.29, 1.82) is 0 Å². The summed E-state index contributed by atoms with van der Waals surface area (Å²) in [6.45, 7) is 6.91. The third-order valence-corrected chi connectivity index (χ3v) is 12.7. The van der Waals surface area contributed by atoms with E-state index in [-0.39, 0.29) is 11.1 Å². The van der Waals surface area contributed by atoms with Crippen LogP contribution in [0.3, 0.4) is 0 Å². The predicted molar refractivity (Wildman–Crippen MR) is 148 cm³/mol. The van der Waals surface area contributed by atoms with Gasteiger partial charge in [-0.3, -0.25) is 0 Å². The molecule has 4 aliphatic rings. The summed E-state index contributed by atoms with van der Waals surface area (Å²) in [6, 6.07) is 18.3. The molecule has 0 bridgehead atoms. The molecule has 2 aliphatic carbocycles. The summed E-state index contributed by atoms with van der Waals surface area (Å²) in [6.07, 6.45) is 0.592. The van der Waals surface area contributed by atoms with Crippen LogP contribution >= 0.6 is 23.5 Å². The molecule has 0 nitrogen and oxygen atoms in total. The lowest BCUT2D eigenvalue weighted by atomic mass is 9.64. The van der Waals surface area contributed by atoms with Crippen molar-refractivity contribution in [2.24, 2.45) is 0 Å². The van der Waals surface area contributed by atoms with E-state index in [2.05, 4.69) is 0 Å². The van der Waals surface area contributed by atoms with Crippen LogP contribution in [0.4, 0.5) is 26.3 Å². The Bertz CT molecular complexity index is 1400. The molecule has 2 aliphatic heterocycles. The second-order valence-electron chi connectivity index (χ2n) is 10.4. The van der Waals surface area contributed by atoms with Crippen molar-refractivity contribution in [2.75, 3.05) is 0 Å². The Kier molecular flexibility index (Phi) is 5.76. The zero-order valence-corrected chi connectivity index (χ0v) is 23.4. The maximum absolute atomic E-state index is 15.9. The van der Waals surface area contributed by atoms with Gasteiger partial charge in [0.25, 0.3) is 0 Å². The molecule has 0 amide bonds. The van der Waals surface area contributed by atoms with E-state index < -0.39 is 38.4 Å². The molecule has 1 fully saturated rings. The minimum atomic E-state index is -5.56. The fourth-order valence-corrected chi connectivity index (χ4v) is 10.8. The molecule has 204 valence electrons. The van der Waals surface area contributed by atoms with Crippen molar-refractivity contribution < 1.29 is 26.3 Å². The van der Waals surface area contributed by atoms with Gasteiger partial charge in [-0.05, 0) is 60.1 Å². The lowest BCUT2D eigenvalue weighted by molar-refractivity contribution is -0.258. The maximum atomic E-state index is 15.9. The quantitative estimate of drug-likeness (QED) is 0.332. The molecule has 2 atom stereocenters. The van der Waals surface area contributed by atoms with E-state index in [9.17, 15) is 0 Å². The van der Waals surface area contributed by atoms with Crippen LogP contribution in [0.25, 0.3) is 9.81 Å². The first kappa shape index (κ1) is 26.9. The fourth-order valence-electron chi connectivity index (χ4n) is 6.97. The summed E-state index contributed by atoms with van der Waals surface area (Å²) in [5.41, 5.74) is -0.218. The molecule has 2 aromatic rings. The molecule has 39 heavy (non-hydrogen) atoms. The first-order chi connectivity index (χ1) is 18.3. The van der Waals surface area contributed by atoms with E-state index >= 15 is 26.3 Å². The van der Waals surface area contributed by atoms with Gasteiger partial charge in [-0.1, -0.05) is 74.5 Å². The zero-order valence-electron chi connectivity index (χ0n) is 21.8. The average Bonchev–Trinajstić information content (AvgIpc) is 3.44. The largest absolute Gasteiger partial charge is 0.380 e. The summed E-state index contributed by atoms with van der Waals surface area (Å²) in [5, 5.41) is 0. The lowest BCUT2D eigenvalue weighted by Crippen LogP contribution is -2.53. The van der Waals surface area contributed by atoms with Crippen LogP contribution in [-0.2, 0) is 0 Å². The number of allylic oxidation sites excluding steroid dienone is 4.